The van der Waals surface area contributed by atoms with Crippen LogP contribution in [-0.4, -0.2) is 30.2 Å². The van der Waals surface area contributed by atoms with Crippen LogP contribution >= 0.6 is 0 Å². The van der Waals surface area contributed by atoms with Gasteiger partial charge in [0.1, 0.15) is 0 Å². The highest BCUT2D eigenvalue weighted by Crippen LogP contribution is 2.29. The van der Waals surface area contributed by atoms with Crippen LogP contribution in [0.25, 0.3) is 0 Å². The molecule has 1 aromatic rings. The Morgan fingerprint density at radius 3 is 2.52 bits per heavy atom. The summed E-state index contributed by atoms with van der Waals surface area (Å²) in [6.07, 6.45) is 1.87. The Balaban J connectivity index is 2.08. The van der Waals surface area contributed by atoms with Gasteiger partial charge in [-0.2, -0.15) is 0 Å². The van der Waals surface area contributed by atoms with Crippen LogP contribution in [0.15, 0.2) is 24.3 Å². The molecule has 1 aliphatic heterocycles. The van der Waals surface area contributed by atoms with Crippen molar-refractivity contribution in [1.82, 2.24) is 0 Å². The fourth-order valence-electron chi connectivity index (χ4n) is 2.64. The van der Waals surface area contributed by atoms with E-state index in [1.165, 1.54) is 0 Å². The number of para-hydroxylation sites is 2. The van der Waals surface area contributed by atoms with E-state index in [9.17, 15) is 9.90 Å². The molecule has 2 N–H and O–H groups in total. The van der Waals surface area contributed by atoms with Gasteiger partial charge in [-0.1, -0.05) is 32.9 Å². The zero-order valence-electron chi connectivity index (χ0n) is 13.2. The van der Waals surface area contributed by atoms with Gasteiger partial charge in [0.2, 0.25) is 5.91 Å². The monoisotopic (exact) mass is 290 g/mol. The summed E-state index contributed by atoms with van der Waals surface area (Å²) in [4.78, 5) is 14.4. The zero-order chi connectivity index (χ0) is 15.5. The van der Waals surface area contributed by atoms with Crippen LogP contribution in [0.3, 0.4) is 0 Å². The average molecular weight is 290 g/mol. The number of nitrogens with zero attached hydrogens (tertiary/aromatic N) is 1. The van der Waals surface area contributed by atoms with Crippen LogP contribution in [0, 0.1) is 5.41 Å². The summed E-state index contributed by atoms with van der Waals surface area (Å²) in [5.41, 5.74) is 1.89. The van der Waals surface area contributed by atoms with Crippen LogP contribution in [0.5, 0.6) is 0 Å². The molecule has 4 nitrogen and oxygen atoms in total. The zero-order valence-corrected chi connectivity index (χ0v) is 13.2. The Labute approximate surface area is 127 Å². The average Bonchev–Trinajstić information content (AvgIpc) is 2.38. The van der Waals surface area contributed by atoms with Crippen molar-refractivity contribution in [2.75, 3.05) is 23.3 Å². The quantitative estimate of drug-likeness (QED) is 0.899. The summed E-state index contributed by atoms with van der Waals surface area (Å²) in [6, 6.07) is 7.90. The summed E-state index contributed by atoms with van der Waals surface area (Å²) in [5, 5.41) is 12.7. The van der Waals surface area contributed by atoms with Crippen molar-refractivity contribution in [1.29, 1.82) is 0 Å². The minimum Gasteiger partial charge on any atom is -0.393 e. The molecule has 0 saturated carbocycles. The largest absolute Gasteiger partial charge is 0.393 e. The molecule has 1 aliphatic rings. The maximum Gasteiger partial charge on any atom is 0.224 e. The predicted octanol–water partition coefficient (Wildman–Crippen LogP) is 3.02. The molecule has 0 aromatic heterocycles. The van der Waals surface area contributed by atoms with Gasteiger partial charge in [0, 0.05) is 19.5 Å². The highest BCUT2D eigenvalue weighted by molar-refractivity contribution is 5.94. The first-order valence-corrected chi connectivity index (χ1v) is 7.67. The minimum absolute atomic E-state index is 0.0196. The number of piperidine rings is 1. The van der Waals surface area contributed by atoms with Gasteiger partial charge in [-0.3, -0.25) is 4.79 Å². The van der Waals surface area contributed by atoms with E-state index in [1.807, 2.05) is 24.3 Å². The minimum atomic E-state index is -0.191. The normalized spacial score (nSPS) is 16.9. The number of hydrogen-bond donors (Lipinski definition) is 2. The van der Waals surface area contributed by atoms with E-state index in [4.69, 9.17) is 0 Å². The van der Waals surface area contributed by atoms with Gasteiger partial charge in [0.25, 0.3) is 0 Å². The standard InChI is InChI=1S/C17H26N2O2/c1-17(2,3)12-16(21)18-14-6-4-5-7-15(14)19-10-8-13(20)9-11-19/h4-7,13,20H,8-12H2,1-3H3,(H,18,21). The number of carbonyl (C=O) groups excluding carboxylic acids is 1. The van der Waals surface area contributed by atoms with Gasteiger partial charge in [0.05, 0.1) is 17.5 Å². The molecule has 0 unspecified atom stereocenters. The van der Waals surface area contributed by atoms with Crippen LogP contribution in [-0.2, 0) is 4.79 Å². The molecule has 116 valence electrons. The second-order valence-corrected chi connectivity index (χ2v) is 7.02. The maximum absolute atomic E-state index is 12.1. The van der Waals surface area contributed by atoms with Crippen LogP contribution in [0.1, 0.15) is 40.0 Å². The summed E-state index contributed by atoms with van der Waals surface area (Å²) in [6.45, 7) is 7.83. The van der Waals surface area contributed by atoms with Crippen molar-refractivity contribution in [3.8, 4) is 0 Å². The molecule has 0 atom stereocenters. The third kappa shape index (κ3) is 4.74. The van der Waals surface area contributed by atoms with Gasteiger partial charge in [-0.05, 0) is 30.4 Å². The number of aliphatic hydroxyl groups excluding tert-OH is 1. The van der Waals surface area contributed by atoms with Crippen molar-refractivity contribution in [2.24, 2.45) is 5.41 Å². The Bertz CT molecular complexity index is 486. The molecule has 2 rings (SSSR count). The van der Waals surface area contributed by atoms with E-state index in [-0.39, 0.29) is 17.4 Å². The Morgan fingerprint density at radius 1 is 1.29 bits per heavy atom. The molecule has 0 spiro atoms. The van der Waals surface area contributed by atoms with Crippen LogP contribution in [0.4, 0.5) is 11.4 Å². The molecule has 0 radical (unpaired) electrons. The fraction of sp³-hybridized carbons (Fsp3) is 0.588. The molecule has 1 heterocycles. The lowest BCUT2D eigenvalue weighted by Crippen LogP contribution is -2.36. The topological polar surface area (TPSA) is 52.6 Å². The fourth-order valence-corrected chi connectivity index (χ4v) is 2.64. The number of carbonyl (C=O) groups is 1. The number of aliphatic hydroxyl groups is 1. The summed E-state index contributed by atoms with van der Waals surface area (Å²) in [5.74, 6) is 0.0481. The van der Waals surface area contributed by atoms with E-state index in [1.54, 1.807) is 0 Å². The number of anilines is 2. The number of hydrogen-bond acceptors (Lipinski definition) is 3. The molecule has 1 fully saturated rings. The molecule has 0 aliphatic carbocycles. The van der Waals surface area contributed by atoms with Gasteiger partial charge in [-0.15, -0.1) is 0 Å². The lowest BCUT2D eigenvalue weighted by Gasteiger charge is -2.33. The first-order valence-electron chi connectivity index (χ1n) is 7.67. The molecular weight excluding hydrogens is 264 g/mol. The van der Waals surface area contributed by atoms with E-state index in [0.717, 1.165) is 37.3 Å². The van der Waals surface area contributed by atoms with E-state index in [0.29, 0.717) is 6.42 Å². The third-order valence-corrected chi connectivity index (χ3v) is 3.67. The molecular formula is C17H26N2O2. The molecule has 1 amide bonds. The molecule has 1 saturated heterocycles. The number of rotatable bonds is 3. The van der Waals surface area contributed by atoms with E-state index < -0.39 is 0 Å². The molecule has 4 heteroatoms. The van der Waals surface area contributed by atoms with Crippen molar-refractivity contribution in [3.63, 3.8) is 0 Å². The van der Waals surface area contributed by atoms with Crippen molar-refractivity contribution in [3.05, 3.63) is 24.3 Å². The van der Waals surface area contributed by atoms with Crippen molar-refractivity contribution in [2.45, 2.75) is 46.1 Å². The Hall–Kier alpha value is -1.55. The highest BCUT2D eigenvalue weighted by atomic mass is 16.3. The summed E-state index contributed by atoms with van der Waals surface area (Å²) in [7, 11) is 0. The Morgan fingerprint density at radius 2 is 1.90 bits per heavy atom. The van der Waals surface area contributed by atoms with Crippen molar-refractivity contribution < 1.29 is 9.90 Å². The summed E-state index contributed by atoms with van der Waals surface area (Å²) >= 11 is 0. The molecule has 0 bridgehead atoms. The smallest absolute Gasteiger partial charge is 0.224 e. The maximum atomic E-state index is 12.1. The van der Waals surface area contributed by atoms with Gasteiger partial charge in [-0.25, -0.2) is 0 Å². The second-order valence-electron chi connectivity index (χ2n) is 7.02. The Kier molecular flexibility index (Phi) is 4.88. The van der Waals surface area contributed by atoms with E-state index in [2.05, 4.69) is 31.0 Å². The second kappa shape index (κ2) is 6.48. The lowest BCUT2D eigenvalue weighted by atomic mass is 9.92. The number of amides is 1. The molecule has 21 heavy (non-hydrogen) atoms. The van der Waals surface area contributed by atoms with Gasteiger partial charge in [0.15, 0.2) is 0 Å². The first-order chi connectivity index (χ1) is 9.85. The molecule has 1 aromatic carbocycles. The van der Waals surface area contributed by atoms with Crippen LogP contribution in [0.2, 0.25) is 0 Å². The van der Waals surface area contributed by atoms with Crippen molar-refractivity contribution >= 4 is 17.3 Å². The van der Waals surface area contributed by atoms with Gasteiger partial charge >= 0.3 is 0 Å². The number of benzene rings is 1. The summed E-state index contributed by atoms with van der Waals surface area (Å²) < 4.78 is 0. The third-order valence-electron chi connectivity index (χ3n) is 3.67. The highest BCUT2D eigenvalue weighted by Gasteiger charge is 2.21. The van der Waals surface area contributed by atoms with Crippen LogP contribution < -0.4 is 10.2 Å². The number of nitrogens with one attached hydrogen (secondary N) is 1. The lowest BCUT2D eigenvalue weighted by molar-refractivity contribution is -0.117. The van der Waals surface area contributed by atoms with Gasteiger partial charge < -0.3 is 15.3 Å². The SMILES string of the molecule is CC(C)(C)CC(=O)Nc1ccccc1N1CCC(O)CC1. The first kappa shape index (κ1) is 15.8. The predicted molar refractivity (Wildman–Crippen MR) is 86.6 cm³/mol. The van der Waals surface area contributed by atoms with E-state index >= 15 is 0 Å².